The summed E-state index contributed by atoms with van der Waals surface area (Å²) in [5.74, 6) is -1.01. The Kier molecular flexibility index (Phi) is 6.33. The molecule has 0 aliphatic rings. The van der Waals surface area contributed by atoms with Crippen LogP contribution in [0.5, 0.6) is 0 Å². The van der Waals surface area contributed by atoms with Crippen molar-refractivity contribution in [3.05, 3.63) is 34.6 Å². The number of rotatable bonds is 3. The summed E-state index contributed by atoms with van der Waals surface area (Å²) in [4.78, 5) is 11.0. The summed E-state index contributed by atoms with van der Waals surface area (Å²) in [6, 6.07) is 3.24. The van der Waals surface area contributed by atoms with Crippen molar-refractivity contribution in [2.75, 3.05) is 7.11 Å². The maximum absolute atomic E-state index is 13.2. The number of hydrogen-bond donors (Lipinski definition) is 1. The minimum Gasteiger partial charge on any atom is -0.468 e. The number of hydrogen-bond acceptors (Lipinski definition) is 3. The first-order chi connectivity index (χ1) is 7.04. The van der Waals surface area contributed by atoms with Crippen LogP contribution < -0.4 is 5.73 Å². The Morgan fingerprint density at radius 3 is 2.81 bits per heavy atom. The van der Waals surface area contributed by atoms with Crippen molar-refractivity contribution in [1.29, 1.82) is 0 Å². The van der Waals surface area contributed by atoms with Gasteiger partial charge in [0, 0.05) is 11.4 Å². The van der Waals surface area contributed by atoms with E-state index in [0.717, 1.165) is 0 Å². The lowest BCUT2D eigenvalue weighted by Crippen LogP contribution is -2.33. The van der Waals surface area contributed by atoms with Gasteiger partial charge in [-0.1, -0.05) is 11.6 Å². The Morgan fingerprint density at radius 2 is 2.25 bits per heavy atom. The zero-order valence-corrected chi connectivity index (χ0v) is 10.1. The van der Waals surface area contributed by atoms with Gasteiger partial charge < -0.3 is 10.5 Å². The lowest BCUT2D eigenvalue weighted by atomic mass is 10.1. The number of halogens is 3. The van der Waals surface area contributed by atoms with Crippen LogP contribution in [0.3, 0.4) is 0 Å². The van der Waals surface area contributed by atoms with E-state index in [9.17, 15) is 9.18 Å². The lowest BCUT2D eigenvalue weighted by molar-refractivity contribution is -0.142. The van der Waals surface area contributed by atoms with Gasteiger partial charge in [0.25, 0.3) is 0 Å². The summed E-state index contributed by atoms with van der Waals surface area (Å²) in [7, 11) is 1.23. The van der Waals surface area contributed by atoms with E-state index >= 15 is 0 Å². The van der Waals surface area contributed by atoms with Gasteiger partial charge >= 0.3 is 5.97 Å². The van der Waals surface area contributed by atoms with Crippen LogP contribution in [0.4, 0.5) is 4.39 Å². The molecule has 90 valence electrons. The van der Waals surface area contributed by atoms with Crippen molar-refractivity contribution in [2.24, 2.45) is 5.73 Å². The van der Waals surface area contributed by atoms with E-state index in [-0.39, 0.29) is 18.8 Å². The normalized spacial score (nSPS) is 11.5. The SMILES string of the molecule is COC(=O)C(N)Cc1cc(Cl)ccc1F.Cl. The molecule has 0 amide bonds. The van der Waals surface area contributed by atoms with Crippen molar-refractivity contribution >= 4 is 30.0 Å². The molecule has 0 spiro atoms. The van der Waals surface area contributed by atoms with Crippen LogP contribution in [0.2, 0.25) is 5.02 Å². The zero-order valence-electron chi connectivity index (χ0n) is 8.57. The quantitative estimate of drug-likeness (QED) is 0.852. The molecule has 0 fully saturated rings. The van der Waals surface area contributed by atoms with Crippen LogP contribution >= 0.6 is 24.0 Å². The van der Waals surface area contributed by atoms with Gasteiger partial charge in [-0.15, -0.1) is 12.4 Å². The third-order valence-electron chi connectivity index (χ3n) is 1.95. The van der Waals surface area contributed by atoms with Gasteiger partial charge in [0.2, 0.25) is 0 Å². The van der Waals surface area contributed by atoms with Crippen molar-refractivity contribution in [3.8, 4) is 0 Å². The van der Waals surface area contributed by atoms with Gasteiger partial charge in [-0.2, -0.15) is 0 Å². The predicted molar refractivity (Wildman–Crippen MR) is 62.4 cm³/mol. The fraction of sp³-hybridized carbons (Fsp3) is 0.300. The fourth-order valence-corrected chi connectivity index (χ4v) is 1.37. The topological polar surface area (TPSA) is 52.3 Å². The molecule has 0 saturated carbocycles. The summed E-state index contributed by atoms with van der Waals surface area (Å²) in [5.41, 5.74) is 5.80. The van der Waals surface area contributed by atoms with E-state index in [1.165, 1.54) is 25.3 Å². The van der Waals surface area contributed by atoms with Crippen LogP contribution in [0.25, 0.3) is 0 Å². The number of esters is 1. The first-order valence-electron chi connectivity index (χ1n) is 4.32. The molecule has 0 saturated heterocycles. The molecule has 0 radical (unpaired) electrons. The van der Waals surface area contributed by atoms with E-state index in [4.69, 9.17) is 17.3 Å². The maximum Gasteiger partial charge on any atom is 0.322 e. The van der Waals surface area contributed by atoms with E-state index < -0.39 is 17.8 Å². The van der Waals surface area contributed by atoms with Crippen LogP contribution in [-0.2, 0) is 16.0 Å². The van der Waals surface area contributed by atoms with E-state index in [2.05, 4.69) is 4.74 Å². The van der Waals surface area contributed by atoms with Gasteiger partial charge in [0.1, 0.15) is 11.9 Å². The molecule has 3 nitrogen and oxygen atoms in total. The standard InChI is InChI=1S/C10H11ClFNO2.ClH/c1-15-10(14)9(13)5-6-4-7(11)2-3-8(6)12;/h2-4,9H,5,13H2,1H3;1H. The van der Waals surface area contributed by atoms with Gasteiger partial charge in [-0.25, -0.2) is 4.39 Å². The van der Waals surface area contributed by atoms with Gasteiger partial charge in [-0.05, 0) is 23.8 Å². The van der Waals surface area contributed by atoms with Gasteiger partial charge in [0.15, 0.2) is 0 Å². The Hall–Kier alpha value is -0.840. The molecule has 0 aliphatic heterocycles. The number of carbonyl (C=O) groups is 1. The Labute approximate surface area is 104 Å². The summed E-state index contributed by atoms with van der Waals surface area (Å²) < 4.78 is 17.7. The van der Waals surface area contributed by atoms with Crippen molar-refractivity contribution < 1.29 is 13.9 Å². The van der Waals surface area contributed by atoms with E-state index in [1.807, 2.05) is 0 Å². The highest BCUT2D eigenvalue weighted by atomic mass is 35.5. The molecule has 1 unspecified atom stereocenters. The van der Waals surface area contributed by atoms with Crippen LogP contribution in [-0.4, -0.2) is 19.1 Å². The summed E-state index contributed by atoms with van der Waals surface area (Å²) >= 11 is 5.69. The molecule has 0 heterocycles. The average molecular weight is 268 g/mol. The van der Waals surface area contributed by atoms with Gasteiger partial charge in [-0.3, -0.25) is 4.79 Å². The minimum atomic E-state index is -0.872. The minimum absolute atomic E-state index is 0. The third-order valence-corrected chi connectivity index (χ3v) is 2.19. The summed E-state index contributed by atoms with van der Waals surface area (Å²) in [5, 5.41) is 0.406. The molecule has 6 heteroatoms. The second-order valence-electron chi connectivity index (χ2n) is 3.07. The van der Waals surface area contributed by atoms with Crippen molar-refractivity contribution in [2.45, 2.75) is 12.5 Å². The zero-order chi connectivity index (χ0) is 11.4. The predicted octanol–water partition coefficient (Wildman–Crippen LogP) is 1.94. The molecule has 1 atom stereocenters. The van der Waals surface area contributed by atoms with Gasteiger partial charge in [0.05, 0.1) is 7.11 Å². The first-order valence-corrected chi connectivity index (χ1v) is 4.69. The molecular weight excluding hydrogens is 256 g/mol. The Morgan fingerprint density at radius 1 is 1.62 bits per heavy atom. The molecule has 1 rings (SSSR count). The first kappa shape index (κ1) is 15.2. The molecule has 16 heavy (non-hydrogen) atoms. The molecule has 0 aliphatic carbocycles. The lowest BCUT2D eigenvalue weighted by Gasteiger charge is -2.09. The van der Waals surface area contributed by atoms with E-state index in [0.29, 0.717) is 10.6 Å². The average Bonchev–Trinajstić information content (AvgIpc) is 2.22. The van der Waals surface area contributed by atoms with E-state index in [1.54, 1.807) is 0 Å². The highest BCUT2D eigenvalue weighted by Crippen LogP contribution is 2.16. The second kappa shape index (κ2) is 6.68. The number of ether oxygens (including phenoxy) is 1. The number of carbonyl (C=O) groups excluding carboxylic acids is 1. The van der Waals surface area contributed by atoms with Crippen molar-refractivity contribution in [3.63, 3.8) is 0 Å². The van der Waals surface area contributed by atoms with Crippen molar-refractivity contribution in [1.82, 2.24) is 0 Å². The molecule has 0 aromatic heterocycles. The number of nitrogens with two attached hydrogens (primary N) is 1. The monoisotopic (exact) mass is 267 g/mol. The maximum atomic E-state index is 13.2. The Balaban J connectivity index is 0.00000225. The second-order valence-corrected chi connectivity index (χ2v) is 3.51. The largest absolute Gasteiger partial charge is 0.468 e. The summed E-state index contributed by atoms with van der Waals surface area (Å²) in [6.45, 7) is 0. The Bertz CT molecular complexity index is 374. The number of benzene rings is 1. The fourth-order valence-electron chi connectivity index (χ4n) is 1.17. The molecule has 0 bridgehead atoms. The van der Waals surface area contributed by atoms with Crippen LogP contribution in [0.1, 0.15) is 5.56 Å². The third kappa shape index (κ3) is 3.96. The van der Waals surface area contributed by atoms with Crippen LogP contribution in [0.15, 0.2) is 18.2 Å². The summed E-state index contributed by atoms with van der Waals surface area (Å²) in [6.07, 6.45) is 0.0685. The molecule has 1 aromatic carbocycles. The molecule has 1 aromatic rings. The molecular formula is C10H12Cl2FNO2. The highest BCUT2D eigenvalue weighted by molar-refractivity contribution is 6.30. The van der Waals surface area contributed by atoms with Crippen LogP contribution in [0, 0.1) is 5.82 Å². The molecule has 2 N–H and O–H groups in total. The smallest absolute Gasteiger partial charge is 0.322 e. The highest BCUT2D eigenvalue weighted by Gasteiger charge is 2.16. The number of methoxy groups -OCH3 is 1.